The van der Waals surface area contributed by atoms with Crippen LogP contribution in [0.1, 0.15) is 35.7 Å². The van der Waals surface area contributed by atoms with Crippen LogP contribution in [0.3, 0.4) is 0 Å². The van der Waals surface area contributed by atoms with Gasteiger partial charge in [-0.05, 0) is 60.9 Å². The van der Waals surface area contributed by atoms with Crippen LogP contribution in [0.4, 0.5) is 5.13 Å². The number of carbonyl (C=O) groups excluding carboxylic acids is 1. The lowest BCUT2D eigenvalue weighted by Gasteiger charge is -2.23. The molecule has 2 heterocycles. The molecule has 1 aliphatic heterocycles. The van der Waals surface area contributed by atoms with Gasteiger partial charge in [-0.1, -0.05) is 60.2 Å². The van der Waals surface area contributed by atoms with Crippen LogP contribution in [0.15, 0.2) is 77.7 Å². The first-order valence-corrected chi connectivity index (χ1v) is 15.1. The highest BCUT2D eigenvalue weighted by Gasteiger charge is 2.28. The second-order valence-electron chi connectivity index (χ2n) is 9.10. The van der Waals surface area contributed by atoms with E-state index in [0.717, 1.165) is 28.6 Å². The van der Waals surface area contributed by atoms with Crippen LogP contribution in [-0.2, 0) is 21.3 Å². The quantitative estimate of drug-likeness (QED) is 0.247. The number of aromatic nitrogens is 1. The van der Waals surface area contributed by atoms with E-state index in [0.29, 0.717) is 35.4 Å². The normalized spacial score (nSPS) is 15.8. The second kappa shape index (κ2) is 11.5. The average Bonchev–Trinajstić information content (AvgIpc) is 3.60. The zero-order chi connectivity index (χ0) is 26.7. The molecule has 7 nitrogen and oxygen atoms in total. The molecule has 3 aromatic carbocycles. The Morgan fingerprint density at radius 1 is 1.11 bits per heavy atom. The number of hydrogen-bond donors (Lipinski definition) is 0. The van der Waals surface area contributed by atoms with E-state index in [1.807, 2.05) is 49.4 Å². The molecule has 0 aliphatic carbocycles. The summed E-state index contributed by atoms with van der Waals surface area (Å²) in [4.78, 5) is 20.2. The summed E-state index contributed by atoms with van der Waals surface area (Å²) in [7, 11) is -3.74. The van der Waals surface area contributed by atoms with E-state index in [1.54, 1.807) is 23.1 Å². The van der Waals surface area contributed by atoms with Crippen LogP contribution in [0, 0.1) is 0 Å². The van der Waals surface area contributed by atoms with Gasteiger partial charge in [0.2, 0.25) is 10.0 Å². The number of anilines is 1. The maximum Gasteiger partial charge on any atom is 0.260 e. The minimum Gasteiger partial charge on any atom is -0.376 e. The van der Waals surface area contributed by atoms with E-state index in [4.69, 9.17) is 16.3 Å². The summed E-state index contributed by atoms with van der Waals surface area (Å²) in [6, 6.07) is 21.1. The molecule has 198 valence electrons. The van der Waals surface area contributed by atoms with Gasteiger partial charge in [0.25, 0.3) is 5.91 Å². The first-order valence-electron chi connectivity index (χ1n) is 12.5. The number of rotatable bonds is 9. The Bertz CT molecular complexity index is 1520. The molecule has 1 aromatic heterocycles. The van der Waals surface area contributed by atoms with Crippen molar-refractivity contribution in [1.82, 2.24) is 9.29 Å². The molecule has 0 bridgehead atoms. The van der Waals surface area contributed by atoms with Gasteiger partial charge >= 0.3 is 0 Å². The zero-order valence-electron chi connectivity index (χ0n) is 20.9. The lowest BCUT2D eigenvalue weighted by atomic mass is 10.2. The fourth-order valence-corrected chi connectivity index (χ4v) is 7.16. The van der Waals surface area contributed by atoms with Crippen molar-refractivity contribution in [2.45, 2.75) is 37.3 Å². The summed E-state index contributed by atoms with van der Waals surface area (Å²) in [5, 5.41) is 1.16. The molecule has 10 heteroatoms. The largest absolute Gasteiger partial charge is 0.376 e. The summed E-state index contributed by atoms with van der Waals surface area (Å²) in [6.45, 7) is 3.46. The summed E-state index contributed by atoms with van der Waals surface area (Å²) >= 11 is 7.55. The van der Waals surface area contributed by atoms with Gasteiger partial charge in [-0.15, -0.1) is 0 Å². The fourth-order valence-electron chi connectivity index (χ4n) is 4.47. The molecule has 1 amide bonds. The molecule has 0 radical (unpaired) electrons. The standard InChI is InChI=1S/C28H28ClN3O4S2/c1-2-31(18-20-7-4-3-5-8-20)38(34,35)24-13-10-21(11-14-24)27(33)32(19-23-9-6-16-36-23)28-30-25-15-12-22(29)17-26(25)37-28/h3-5,7-8,10-15,17,23H,2,6,9,16,18-19H2,1H3. The first kappa shape index (κ1) is 26.8. The molecule has 4 aromatic rings. The second-order valence-corrected chi connectivity index (χ2v) is 12.5. The van der Waals surface area contributed by atoms with Crippen molar-refractivity contribution in [3.8, 4) is 0 Å². The molecule has 5 rings (SSSR count). The third kappa shape index (κ3) is 5.77. The minimum absolute atomic E-state index is 0.0784. The maximum absolute atomic E-state index is 13.7. The minimum atomic E-state index is -3.74. The number of carbonyl (C=O) groups is 1. The van der Waals surface area contributed by atoms with Crippen molar-refractivity contribution in [1.29, 1.82) is 0 Å². The Hall–Kier alpha value is -2.82. The Labute approximate surface area is 231 Å². The molecular formula is C28H28ClN3O4S2. The van der Waals surface area contributed by atoms with E-state index in [1.165, 1.54) is 27.8 Å². The maximum atomic E-state index is 13.7. The van der Waals surface area contributed by atoms with Crippen LogP contribution < -0.4 is 4.90 Å². The third-order valence-corrected chi connectivity index (χ3v) is 9.73. The number of sulfonamides is 1. The molecule has 0 spiro atoms. The van der Waals surface area contributed by atoms with Gasteiger partial charge in [0.15, 0.2) is 5.13 Å². The van der Waals surface area contributed by atoms with Crippen molar-refractivity contribution >= 4 is 54.2 Å². The number of nitrogens with zero attached hydrogens (tertiary/aromatic N) is 3. The molecule has 1 saturated heterocycles. The van der Waals surface area contributed by atoms with Crippen molar-refractivity contribution in [2.75, 3.05) is 24.6 Å². The van der Waals surface area contributed by atoms with E-state index < -0.39 is 10.0 Å². The lowest BCUT2D eigenvalue weighted by molar-refractivity contribution is 0.0917. The molecule has 1 aliphatic rings. The predicted octanol–water partition coefficient (Wildman–Crippen LogP) is 5.99. The molecular weight excluding hydrogens is 542 g/mol. The smallest absolute Gasteiger partial charge is 0.260 e. The van der Waals surface area contributed by atoms with Gasteiger partial charge in [-0.3, -0.25) is 9.69 Å². The summed E-state index contributed by atoms with van der Waals surface area (Å²) in [5.41, 5.74) is 2.05. The van der Waals surface area contributed by atoms with Gasteiger partial charge in [0.05, 0.1) is 27.8 Å². The number of fused-ring (bicyclic) bond motifs is 1. The van der Waals surface area contributed by atoms with Crippen LogP contribution in [0.2, 0.25) is 5.02 Å². The highest BCUT2D eigenvalue weighted by atomic mass is 35.5. The Balaban J connectivity index is 1.41. The van der Waals surface area contributed by atoms with Gasteiger partial charge in [0.1, 0.15) is 0 Å². The fraction of sp³-hybridized carbons (Fsp3) is 0.286. The van der Waals surface area contributed by atoms with Crippen LogP contribution in [0.25, 0.3) is 10.2 Å². The Morgan fingerprint density at radius 3 is 2.55 bits per heavy atom. The number of thiazole rings is 1. The number of benzene rings is 3. The van der Waals surface area contributed by atoms with Crippen molar-refractivity contribution in [2.24, 2.45) is 0 Å². The summed E-state index contributed by atoms with van der Waals surface area (Å²) in [6.07, 6.45) is 1.74. The molecule has 0 saturated carbocycles. The monoisotopic (exact) mass is 569 g/mol. The predicted molar refractivity (Wildman–Crippen MR) is 151 cm³/mol. The zero-order valence-corrected chi connectivity index (χ0v) is 23.3. The number of hydrogen-bond acceptors (Lipinski definition) is 6. The van der Waals surface area contributed by atoms with Crippen LogP contribution in [0.5, 0.6) is 0 Å². The number of ether oxygens (including phenoxy) is 1. The Morgan fingerprint density at radius 2 is 1.87 bits per heavy atom. The van der Waals surface area contributed by atoms with E-state index in [2.05, 4.69) is 4.98 Å². The van der Waals surface area contributed by atoms with Gasteiger partial charge in [0, 0.05) is 30.3 Å². The number of halogens is 1. The third-order valence-electron chi connectivity index (χ3n) is 6.52. The highest BCUT2D eigenvalue weighted by Crippen LogP contribution is 2.32. The summed E-state index contributed by atoms with van der Waals surface area (Å²) in [5.74, 6) is -0.258. The average molecular weight is 570 g/mol. The molecule has 0 N–H and O–H groups in total. The molecule has 1 unspecified atom stereocenters. The topological polar surface area (TPSA) is 79.8 Å². The van der Waals surface area contributed by atoms with Gasteiger partial charge in [-0.25, -0.2) is 13.4 Å². The first-order chi connectivity index (χ1) is 18.3. The van der Waals surface area contributed by atoms with Crippen LogP contribution in [-0.4, -0.2) is 49.4 Å². The molecule has 38 heavy (non-hydrogen) atoms. The molecule has 1 atom stereocenters. The lowest BCUT2D eigenvalue weighted by Crippen LogP contribution is -2.37. The van der Waals surface area contributed by atoms with E-state index >= 15 is 0 Å². The van der Waals surface area contributed by atoms with Crippen molar-refractivity contribution in [3.63, 3.8) is 0 Å². The highest BCUT2D eigenvalue weighted by molar-refractivity contribution is 7.89. The van der Waals surface area contributed by atoms with Crippen molar-refractivity contribution in [3.05, 3.63) is 88.9 Å². The van der Waals surface area contributed by atoms with Gasteiger partial charge in [-0.2, -0.15) is 4.31 Å². The van der Waals surface area contributed by atoms with Gasteiger partial charge < -0.3 is 4.74 Å². The number of amides is 1. The SMILES string of the molecule is CCN(Cc1ccccc1)S(=O)(=O)c1ccc(C(=O)N(CC2CCCO2)c2nc3ccc(Cl)cc3s2)cc1. The van der Waals surface area contributed by atoms with Crippen molar-refractivity contribution < 1.29 is 17.9 Å². The van der Waals surface area contributed by atoms with E-state index in [9.17, 15) is 13.2 Å². The van der Waals surface area contributed by atoms with Crippen LogP contribution >= 0.6 is 22.9 Å². The van der Waals surface area contributed by atoms with E-state index in [-0.39, 0.29) is 23.5 Å². The summed E-state index contributed by atoms with van der Waals surface area (Å²) < 4.78 is 34.8. The molecule has 1 fully saturated rings. The Kier molecular flexibility index (Phi) is 8.11.